The normalized spacial score (nSPS) is 16.1. The summed E-state index contributed by atoms with van der Waals surface area (Å²) in [6, 6.07) is 16.5. The van der Waals surface area contributed by atoms with Gasteiger partial charge < -0.3 is 9.32 Å². The zero-order valence-electron chi connectivity index (χ0n) is 12.9. The Labute approximate surface area is 141 Å². The monoisotopic (exact) mass is 326 g/mol. The smallest absolute Gasteiger partial charge is 0.157 e. The summed E-state index contributed by atoms with van der Waals surface area (Å²) < 4.78 is 5.67. The van der Waals surface area contributed by atoms with Gasteiger partial charge in [0, 0.05) is 43.1 Å². The van der Waals surface area contributed by atoms with Gasteiger partial charge in [-0.05, 0) is 29.8 Å². The van der Waals surface area contributed by atoms with E-state index in [2.05, 4.69) is 40.1 Å². The molecule has 1 aromatic heterocycles. The first-order chi connectivity index (χ1) is 11.3. The number of para-hydroxylation sites is 1. The van der Waals surface area contributed by atoms with Gasteiger partial charge in [0.2, 0.25) is 0 Å². The molecule has 2 aromatic carbocycles. The molecule has 0 bridgehead atoms. The molecule has 3 aromatic rings. The van der Waals surface area contributed by atoms with Crippen molar-refractivity contribution in [2.24, 2.45) is 0 Å². The number of benzene rings is 2. The Morgan fingerprint density at radius 3 is 2.48 bits per heavy atom. The van der Waals surface area contributed by atoms with Gasteiger partial charge in [-0.3, -0.25) is 4.90 Å². The lowest BCUT2D eigenvalue weighted by Crippen LogP contribution is -2.46. The maximum Gasteiger partial charge on any atom is 0.157 e. The Kier molecular flexibility index (Phi) is 3.98. The van der Waals surface area contributed by atoms with Gasteiger partial charge in [0.25, 0.3) is 0 Å². The number of nitrogens with zero attached hydrogens (tertiary/aromatic N) is 2. The number of anilines is 1. The lowest BCUT2D eigenvalue weighted by molar-refractivity contribution is 0.250. The van der Waals surface area contributed by atoms with Gasteiger partial charge in [-0.1, -0.05) is 35.9 Å². The Hall–Kier alpha value is -1.97. The van der Waals surface area contributed by atoms with Crippen molar-refractivity contribution in [3.63, 3.8) is 0 Å². The fraction of sp³-hybridized carbons (Fsp3) is 0.263. The third-order valence-corrected chi connectivity index (χ3v) is 4.74. The zero-order valence-corrected chi connectivity index (χ0v) is 13.7. The predicted molar refractivity (Wildman–Crippen MR) is 95.2 cm³/mol. The zero-order chi connectivity index (χ0) is 15.6. The summed E-state index contributed by atoms with van der Waals surface area (Å²) in [5.74, 6) is 0. The summed E-state index contributed by atoms with van der Waals surface area (Å²) in [6.07, 6.45) is 1.77. The Morgan fingerprint density at radius 1 is 0.913 bits per heavy atom. The topological polar surface area (TPSA) is 19.6 Å². The molecule has 0 spiro atoms. The van der Waals surface area contributed by atoms with Crippen molar-refractivity contribution in [2.45, 2.75) is 6.54 Å². The van der Waals surface area contributed by atoms with E-state index >= 15 is 0 Å². The second-order valence-corrected chi connectivity index (χ2v) is 6.44. The van der Waals surface area contributed by atoms with Crippen molar-refractivity contribution < 1.29 is 4.42 Å². The highest BCUT2D eigenvalue weighted by Gasteiger charge is 2.19. The third-order valence-electron chi connectivity index (χ3n) is 4.49. The quantitative estimate of drug-likeness (QED) is 0.711. The minimum Gasteiger partial charge on any atom is -0.462 e. The molecule has 0 atom stereocenters. The molecule has 0 radical (unpaired) electrons. The summed E-state index contributed by atoms with van der Waals surface area (Å²) in [4.78, 5) is 4.91. The second-order valence-electron chi connectivity index (χ2n) is 6.01. The largest absolute Gasteiger partial charge is 0.462 e. The summed E-state index contributed by atoms with van der Waals surface area (Å²) in [5, 5.41) is 1.97. The van der Waals surface area contributed by atoms with Crippen molar-refractivity contribution in [1.29, 1.82) is 0 Å². The van der Waals surface area contributed by atoms with Crippen LogP contribution in [0.3, 0.4) is 0 Å². The highest BCUT2D eigenvalue weighted by Crippen LogP contribution is 2.28. The van der Waals surface area contributed by atoms with Gasteiger partial charge in [-0.2, -0.15) is 0 Å². The molecular weight excluding hydrogens is 308 g/mol. The summed E-state index contributed by atoms with van der Waals surface area (Å²) in [6.45, 7) is 5.14. The Morgan fingerprint density at radius 2 is 1.70 bits per heavy atom. The lowest BCUT2D eigenvalue weighted by Gasteiger charge is -2.36. The second kappa shape index (κ2) is 6.26. The molecular formula is C19H19ClN2O. The fourth-order valence-electron chi connectivity index (χ4n) is 3.22. The van der Waals surface area contributed by atoms with Gasteiger partial charge in [-0.25, -0.2) is 0 Å². The molecule has 0 unspecified atom stereocenters. The van der Waals surface area contributed by atoms with Crippen molar-refractivity contribution >= 4 is 28.3 Å². The highest BCUT2D eigenvalue weighted by atomic mass is 35.5. The van der Waals surface area contributed by atoms with E-state index in [4.69, 9.17) is 16.0 Å². The van der Waals surface area contributed by atoms with Crippen LogP contribution in [0.1, 0.15) is 5.56 Å². The Bertz CT molecular complexity index is 788. The van der Waals surface area contributed by atoms with E-state index in [0.29, 0.717) is 0 Å². The number of hydrogen-bond donors (Lipinski definition) is 0. The molecule has 0 saturated carbocycles. The molecule has 4 rings (SSSR count). The van der Waals surface area contributed by atoms with Crippen LogP contribution < -0.4 is 4.90 Å². The number of rotatable bonds is 3. The van der Waals surface area contributed by atoms with Crippen LogP contribution in [0.5, 0.6) is 0 Å². The molecule has 3 nitrogen and oxygen atoms in total. The first-order valence-electron chi connectivity index (χ1n) is 7.97. The predicted octanol–water partition coefficient (Wildman–Crippen LogP) is 4.41. The van der Waals surface area contributed by atoms with Crippen LogP contribution in [0, 0.1) is 0 Å². The first kappa shape index (κ1) is 14.6. The SMILES string of the molecule is Clc1ccc(CN2CCN(c3cccc4ccoc34)CC2)cc1. The molecule has 4 heteroatoms. The van der Waals surface area contributed by atoms with Gasteiger partial charge in [0.1, 0.15) is 0 Å². The van der Waals surface area contributed by atoms with E-state index in [0.717, 1.165) is 43.3 Å². The van der Waals surface area contributed by atoms with Crippen LogP contribution in [0.4, 0.5) is 5.69 Å². The summed E-state index contributed by atoms with van der Waals surface area (Å²) in [5.41, 5.74) is 3.52. The molecule has 1 aliphatic heterocycles. The number of halogens is 1. The van der Waals surface area contributed by atoms with E-state index in [1.54, 1.807) is 6.26 Å². The molecule has 23 heavy (non-hydrogen) atoms. The van der Waals surface area contributed by atoms with E-state index < -0.39 is 0 Å². The molecule has 1 saturated heterocycles. The molecule has 0 aliphatic carbocycles. The molecule has 2 heterocycles. The number of hydrogen-bond acceptors (Lipinski definition) is 3. The molecule has 0 N–H and O–H groups in total. The van der Waals surface area contributed by atoms with Gasteiger partial charge in [-0.15, -0.1) is 0 Å². The van der Waals surface area contributed by atoms with Crippen LogP contribution in [0.25, 0.3) is 11.0 Å². The third kappa shape index (κ3) is 3.07. The van der Waals surface area contributed by atoms with Crippen LogP contribution in [-0.2, 0) is 6.54 Å². The lowest BCUT2D eigenvalue weighted by atomic mass is 10.1. The van der Waals surface area contributed by atoms with Crippen molar-refractivity contribution in [3.05, 3.63) is 65.4 Å². The van der Waals surface area contributed by atoms with E-state index in [1.807, 2.05) is 18.2 Å². The molecule has 1 aliphatic rings. The van der Waals surface area contributed by atoms with Crippen molar-refractivity contribution in [3.8, 4) is 0 Å². The minimum absolute atomic E-state index is 0.796. The van der Waals surface area contributed by atoms with E-state index in [1.165, 1.54) is 16.6 Å². The van der Waals surface area contributed by atoms with Crippen LogP contribution in [-0.4, -0.2) is 31.1 Å². The molecule has 1 fully saturated rings. The first-order valence-corrected chi connectivity index (χ1v) is 8.35. The van der Waals surface area contributed by atoms with Crippen LogP contribution in [0.2, 0.25) is 5.02 Å². The van der Waals surface area contributed by atoms with Gasteiger partial charge >= 0.3 is 0 Å². The Balaban J connectivity index is 1.43. The summed E-state index contributed by atoms with van der Waals surface area (Å²) >= 11 is 5.95. The molecule has 118 valence electrons. The average molecular weight is 327 g/mol. The number of furan rings is 1. The van der Waals surface area contributed by atoms with Crippen molar-refractivity contribution in [1.82, 2.24) is 4.90 Å². The number of fused-ring (bicyclic) bond motifs is 1. The van der Waals surface area contributed by atoms with E-state index in [9.17, 15) is 0 Å². The number of piperazine rings is 1. The van der Waals surface area contributed by atoms with Crippen LogP contribution >= 0.6 is 11.6 Å². The fourth-order valence-corrected chi connectivity index (χ4v) is 3.35. The summed E-state index contributed by atoms with van der Waals surface area (Å²) in [7, 11) is 0. The average Bonchev–Trinajstić information content (AvgIpc) is 3.06. The molecule has 0 amide bonds. The maximum atomic E-state index is 5.95. The van der Waals surface area contributed by atoms with E-state index in [-0.39, 0.29) is 0 Å². The highest BCUT2D eigenvalue weighted by molar-refractivity contribution is 6.30. The van der Waals surface area contributed by atoms with Gasteiger partial charge in [0.05, 0.1) is 12.0 Å². The van der Waals surface area contributed by atoms with Crippen molar-refractivity contribution in [2.75, 3.05) is 31.1 Å². The maximum absolute atomic E-state index is 5.95. The minimum atomic E-state index is 0.796. The van der Waals surface area contributed by atoms with Crippen LogP contribution in [0.15, 0.2) is 59.2 Å². The standard InChI is InChI=1S/C19H19ClN2O/c20-17-6-4-15(5-7-17)14-21-9-11-22(12-10-21)18-3-1-2-16-8-13-23-19(16)18/h1-8,13H,9-12,14H2. The van der Waals surface area contributed by atoms with Gasteiger partial charge in [0.15, 0.2) is 5.58 Å².